The molecule has 4 aromatic rings. The van der Waals surface area contributed by atoms with E-state index in [-0.39, 0.29) is 17.8 Å². The number of nitrogens with zero attached hydrogens (tertiary/aromatic N) is 6. The molecule has 1 aromatic carbocycles. The molecule has 156 valence electrons. The highest BCUT2D eigenvalue weighted by atomic mass is 32.1. The zero-order valence-corrected chi connectivity index (χ0v) is 17.9. The van der Waals surface area contributed by atoms with Gasteiger partial charge in [-0.15, -0.1) is 10.2 Å². The topological polar surface area (TPSA) is 84.0 Å². The van der Waals surface area contributed by atoms with E-state index in [1.54, 1.807) is 31.0 Å². The number of pyridine rings is 1. The van der Waals surface area contributed by atoms with Gasteiger partial charge in [0.2, 0.25) is 0 Å². The number of benzene rings is 1. The molecule has 0 bridgehead atoms. The summed E-state index contributed by atoms with van der Waals surface area (Å²) in [6, 6.07) is 14.8. The molecule has 1 aliphatic heterocycles. The number of aromatic nitrogens is 5. The van der Waals surface area contributed by atoms with Gasteiger partial charge in [-0.3, -0.25) is 9.66 Å². The highest BCUT2D eigenvalue weighted by molar-refractivity contribution is 7.80. The molecule has 0 radical (unpaired) electrons. The lowest BCUT2D eigenvalue weighted by Crippen LogP contribution is -2.29. The van der Waals surface area contributed by atoms with E-state index in [9.17, 15) is 5.11 Å². The van der Waals surface area contributed by atoms with Gasteiger partial charge in [-0.2, -0.15) is 0 Å². The number of phenols is 1. The van der Waals surface area contributed by atoms with Crippen molar-refractivity contribution in [1.82, 2.24) is 29.9 Å². The SMILES string of the molecule is Cc1cc([C@@H]2[C@H](c3ccccn3)NC(=S)N2c2ccccc2O)c(C)n1-n1cnnc1. The van der Waals surface area contributed by atoms with Crippen LogP contribution in [0.3, 0.4) is 0 Å². The number of nitrogens with one attached hydrogen (secondary N) is 1. The quantitative estimate of drug-likeness (QED) is 0.480. The van der Waals surface area contributed by atoms with Crippen molar-refractivity contribution in [2.24, 2.45) is 0 Å². The lowest BCUT2D eigenvalue weighted by Gasteiger charge is -2.28. The Morgan fingerprint density at radius 2 is 1.77 bits per heavy atom. The Morgan fingerprint density at radius 3 is 2.48 bits per heavy atom. The second-order valence-corrected chi connectivity index (χ2v) is 7.85. The normalized spacial score (nSPS) is 18.4. The van der Waals surface area contributed by atoms with Crippen molar-refractivity contribution in [3.05, 3.63) is 90.0 Å². The van der Waals surface area contributed by atoms with E-state index in [1.165, 1.54) is 0 Å². The van der Waals surface area contributed by atoms with Gasteiger partial charge >= 0.3 is 0 Å². The number of aryl methyl sites for hydroxylation is 1. The van der Waals surface area contributed by atoms with Crippen LogP contribution in [0.15, 0.2) is 67.4 Å². The predicted octanol–water partition coefficient (Wildman–Crippen LogP) is 3.29. The summed E-state index contributed by atoms with van der Waals surface area (Å²) in [4.78, 5) is 6.56. The molecule has 9 heteroatoms. The number of rotatable bonds is 4. The van der Waals surface area contributed by atoms with Crippen LogP contribution in [-0.4, -0.2) is 34.8 Å². The molecule has 0 unspecified atom stereocenters. The molecular weight excluding hydrogens is 410 g/mol. The molecule has 0 spiro atoms. The van der Waals surface area contributed by atoms with Gasteiger partial charge in [0, 0.05) is 23.1 Å². The van der Waals surface area contributed by atoms with Crippen molar-refractivity contribution < 1.29 is 5.11 Å². The molecule has 3 aromatic heterocycles. The van der Waals surface area contributed by atoms with Gasteiger partial charge in [-0.1, -0.05) is 18.2 Å². The summed E-state index contributed by atoms with van der Waals surface area (Å²) < 4.78 is 3.89. The second-order valence-electron chi connectivity index (χ2n) is 7.47. The van der Waals surface area contributed by atoms with E-state index in [0.29, 0.717) is 10.8 Å². The van der Waals surface area contributed by atoms with Crippen molar-refractivity contribution >= 4 is 23.0 Å². The van der Waals surface area contributed by atoms with E-state index in [2.05, 4.69) is 38.2 Å². The maximum atomic E-state index is 10.6. The number of thiocarbonyl (C=S) groups is 1. The minimum absolute atomic E-state index is 0.172. The second kappa shape index (κ2) is 7.51. The first-order chi connectivity index (χ1) is 15.1. The zero-order chi connectivity index (χ0) is 21.5. The smallest absolute Gasteiger partial charge is 0.174 e. The third kappa shape index (κ3) is 3.14. The molecule has 0 amide bonds. The van der Waals surface area contributed by atoms with Gasteiger partial charge in [0.1, 0.15) is 18.4 Å². The number of anilines is 1. The first-order valence-electron chi connectivity index (χ1n) is 9.89. The first kappa shape index (κ1) is 19.3. The van der Waals surface area contributed by atoms with Gasteiger partial charge in [-0.25, -0.2) is 4.68 Å². The van der Waals surface area contributed by atoms with Crippen molar-refractivity contribution in [3.8, 4) is 5.75 Å². The molecule has 5 rings (SSSR count). The maximum Gasteiger partial charge on any atom is 0.174 e. The fourth-order valence-corrected chi connectivity index (χ4v) is 4.67. The number of para-hydroxylation sites is 2. The summed E-state index contributed by atoms with van der Waals surface area (Å²) in [6.45, 7) is 4.10. The summed E-state index contributed by atoms with van der Waals surface area (Å²) in [5.74, 6) is 0.172. The Bertz CT molecular complexity index is 1240. The van der Waals surface area contributed by atoms with Crippen LogP contribution < -0.4 is 10.2 Å². The van der Waals surface area contributed by atoms with Crippen LogP contribution in [0.4, 0.5) is 5.69 Å². The summed E-state index contributed by atoms with van der Waals surface area (Å²) in [6.07, 6.45) is 5.11. The molecule has 1 aliphatic rings. The molecule has 1 fully saturated rings. The van der Waals surface area contributed by atoms with Crippen LogP contribution in [0, 0.1) is 13.8 Å². The first-order valence-corrected chi connectivity index (χ1v) is 10.3. The Morgan fingerprint density at radius 1 is 1.03 bits per heavy atom. The van der Waals surface area contributed by atoms with Gasteiger partial charge < -0.3 is 15.3 Å². The van der Waals surface area contributed by atoms with E-state index in [4.69, 9.17) is 12.2 Å². The minimum Gasteiger partial charge on any atom is -0.506 e. The van der Waals surface area contributed by atoms with Crippen LogP contribution in [0.25, 0.3) is 0 Å². The molecule has 8 nitrogen and oxygen atoms in total. The third-order valence-corrected chi connectivity index (χ3v) is 5.94. The van der Waals surface area contributed by atoms with Gasteiger partial charge in [0.25, 0.3) is 0 Å². The maximum absolute atomic E-state index is 10.6. The van der Waals surface area contributed by atoms with E-state index in [0.717, 1.165) is 22.6 Å². The van der Waals surface area contributed by atoms with Crippen molar-refractivity contribution in [3.63, 3.8) is 0 Å². The average Bonchev–Trinajstić information content (AvgIpc) is 3.47. The fraction of sp³-hybridized carbons (Fsp3) is 0.182. The Hall–Kier alpha value is -3.72. The monoisotopic (exact) mass is 431 g/mol. The third-order valence-electron chi connectivity index (χ3n) is 5.63. The fourth-order valence-electron chi connectivity index (χ4n) is 4.33. The highest BCUT2D eigenvalue weighted by Crippen LogP contribution is 2.45. The van der Waals surface area contributed by atoms with Crippen LogP contribution in [-0.2, 0) is 0 Å². The number of aromatic hydroxyl groups is 1. The molecule has 4 heterocycles. The molecule has 0 aliphatic carbocycles. The highest BCUT2D eigenvalue weighted by Gasteiger charge is 2.43. The molecule has 2 atom stereocenters. The molecule has 1 saturated heterocycles. The summed E-state index contributed by atoms with van der Waals surface area (Å²) >= 11 is 5.74. The Labute approximate surface area is 184 Å². The van der Waals surface area contributed by atoms with Crippen LogP contribution >= 0.6 is 12.2 Å². The lowest BCUT2D eigenvalue weighted by atomic mass is 9.96. The van der Waals surface area contributed by atoms with Gasteiger partial charge in [0.05, 0.1) is 23.5 Å². The molecule has 31 heavy (non-hydrogen) atoms. The standard InChI is InChI=1S/C22H21N7OS/c1-14-11-16(15(2)29(14)27-12-24-25-13-27)21-20(17-7-5-6-10-23-17)26-22(31)28(21)18-8-3-4-9-19(18)30/h3-13,20-21,30H,1-2H3,(H,26,31)/t20-,21+/m0/s1. The molecular formula is C22H21N7OS. The summed E-state index contributed by atoms with van der Waals surface area (Å²) in [5, 5.41) is 22.5. The number of phenolic OH excluding ortho intramolecular Hbond substituents is 1. The zero-order valence-electron chi connectivity index (χ0n) is 17.0. The molecule has 0 saturated carbocycles. The lowest BCUT2D eigenvalue weighted by molar-refractivity contribution is 0.472. The van der Waals surface area contributed by atoms with E-state index in [1.807, 2.05) is 46.8 Å². The Kier molecular flexibility index (Phi) is 4.67. The van der Waals surface area contributed by atoms with Crippen LogP contribution in [0.1, 0.15) is 34.7 Å². The van der Waals surface area contributed by atoms with Crippen LogP contribution in [0.2, 0.25) is 0 Å². The van der Waals surface area contributed by atoms with Crippen molar-refractivity contribution in [2.45, 2.75) is 25.9 Å². The van der Waals surface area contributed by atoms with E-state index >= 15 is 0 Å². The minimum atomic E-state index is -0.216. The van der Waals surface area contributed by atoms with Gasteiger partial charge in [0.15, 0.2) is 5.11 Å². The summed E-state index contributed by atoms with van der Waals surface area (Å²) in [7, 11) is 0. The van der Waals surface area contributed by atoms with Gasteiger partial charge in [-0.05, 0) is 56.4 Å². The van der Waals surface area contributed by atoms with Crippen LogP contribution in [0.5, 0.6) is 5.75 Å². The predicted molar refractivity (Wildman–Crippen MR) is 121 cm³/mol. The molecule has 2 N–H and O–H groups in total. The van der Waals surface area contributed by atoms with E-state index < -0.39 is 0 Å². The number of hydrogen-bond donors (Lipinski definition) is 2. The number of hydrogen-bond acceptors (Lipinski definition) is 5. The Balaban J connectivity index is 1.70. The van der Waals surface area contributed by atoms with Crippen molar-refractivity contribution in [1.29, 1.82) is 0 Å². The summed E-state index contributed by atoms with van der Waals surface area (Å²) in [5.41, 5.74) is 4.65. The largest absolute Gasteiger partial charge is 0.506 e. The van der Waals surface area contributed by atoms with Crippen molar-refractivity contribution in [2.75, 3.05) is 4.90 Å². The average molecular weight is 432 g/mol.